The third-order valence-corrected chi connectivity index (χ3v) is 5.64. The summed E-state index contributed by atoms with van der Waals surface area (Å²) in [5.74, 6) is 0.0822. The van der Waals surface area contributed by atoms with Crippen molar-refractivity contribution in [1.29, 1.82) is 0 Å². The zero-order valence-electron chi connectivity index (χ0n) is 12.9. The third kappa shape index (κ3) is 3.53. The van der Waals surface area contributed by atoms with Crippen LogP contribution in [0.2, 0.25) is 0 Å². The quantitative estimate of drug-likeness (QED) is 0.865. The number of rotatable bonds is 3. The summed E-state index contributed by atoms with van der Waals surface area (Å²) >= 11 is 3.48. The van der Waals surface area contributed by atoms with Gasteiger partial charge in [0.15, 0.2) is 0 Å². The van der Waals surface area contributed by atoms with E-state index in [4.69, 9.17) is 0 Å². The Morgan fingerprint density at radius 1 is 1.27 bits per heavy atom. The minimum Gasteiger partial charge on any atom is -0.324 e. The van der Waals surface area contributed by atoms with Gasteiger partial charge in [-0.1, -0.05) is 31.4 Å². The largest absolute Gasteiger partial charge is 0.324 e. The fraction of sp³-hybridized carbons (Fsp3) is 0.588. The Kier molecular flexibility index (Phi) is 5.16. The van der Waals surface area contributed by atoms with Gasteiger partial charge in [-0.2, -0.15) is 0 Å². The molecule has 0 unspecified atom stereocenters. The molecule has 2 fully saturated rings. The number of nitrogens with zero attached hydrogens (tertiary/aromatic N) is 1. The summed E-state index contributed by atoms with van der Waals surface area (Å²) in [4.78, 5) is 14.9. The van der Waals surface area contributed by atoms with E-state index in [1.807, 2.05) is 24.3 Å². The number of piperazine rings is 1. The highest BCUT2D eigenvalue weighted by Crippen LogP contribution is 2.34. The van der Waals surface area contributed by atoms with Gasteiger partial charge in [0, 0.05) is 29.6 Å². The van der Waals surface area contributed by atoms with Gasteiger partial charge in [-0.3, -0.25) is 9.69 Å². The number of benzene rings is 1. The maximum atomic E-state index is 12.5. The van der Waals surface area contributed by atoms with E-state index in [-0.39, 0.29) is 11.4 Å². The average molecular weight is 366 g/mol. The molecule has 22 heavy (non-hydrogen) atoms. The van der Waals surface area contributed by atoms with E-state index in [1.54, 1.807) is 0 Å². The first-order valence-corrected chi connectivity index (χ1v) is 8.99. The van der Waals surface area contributed by atoms with E-state index in [0.717, 1.165) is 29.8 Å². The van der Waals surface area contributed by atoms with Gasteiger partial charge in [0.05, 0.1) is 12.2 Å². The lowest BCUT2D eigenvalue weighted by Crippen LogP contribution is -2.63. The molecule has 0 aromatic heterocycles. The molecule has 1 aliphatic carbocycles. The molecule has 0 radical (unpaired) electrons. The van der Waals surface area contributed by atoms with Crippen LogP contribution in [-0.4, -0.2) is 42.5 Å². The fourth-order valence-corrected chi connectivity index (χ4v) is 4.14. The van der Waals surface area contributed by atoms with Gasteiger partial charge in [0.2, 0.25) is 5.91 Å². The van der Waals surface area contributed by atoms with Crippen LogP contribution in [0.5, 0.6) is 0 Å². The van der Waals surface area contributed by atoms with Crippen molar-refractivity contribution in [2.75, 3.05) is 31.5 Å². The SMILES string of the molecule is O=C(CN1CCNCC12CCCCC2)Nc1ccccc1Br. The molecule has 1 aliphatic heterocycles. The second kappa shape index (κ2) is 7.11. The van der Waals surface area contributed by atoms with Crippen molar-refractivity contribution in [1.82, 2.24) is 10.2 Å². The Balaban J connectivity index is 1.65. The molecule has 4 nitrogen and oxygen atoms in total. The monoisotopic (exact) mass is 365 g/mol. The van der Waals surface area contributed by atoms with Crippen molar-refractivity contribution in [3.8, 4) is 0 Å². The molecule has 1 heterocycles. The van der Waals surface area contributed by atoms with Crippen LogP contribution >= 0.6 is 15.9 Å². The molecule has 1 aromatic rings. The van der Waals surface area contributed by atoms with Gasteiger partial charge in [-0.05, 0) is 40.9 Å². The summed E-state index contributed by atoms with van der Waals surface area (Å²) in [6.45, 7) is 3.45. The second-order valence-corrected chi connectivity index (χ2v) is 7.27. The Labute approximate surface area is 140 Å². The van der Waals surface area contributed by atoms with Crippen molar-refractivity contribution in [2.45, 2.75) is 37.6 Å². The van der Waals surface area contributed by atoms with Crippen LogP contribution < -0.4 is 10.6 Å². The fourth-order valence-electron chi connectivity index (χ4n) is 3.76. The molecule has 5 heteroatoms. The van der Waals surface area contributed by atoms with E-state index in [1.165, 1.54) is 32.1 Å². The first kappa shape index (κ1) is 16.0. The first-order chi connectivity index (χ1) is 10.7. The standard InChI is InChI=1S/C17H24BrN3O/c18-14-6-2-3-7-15(14)20-16(22)12-21-11-10-19-13-17(21)8-4-1-5-9-17/h2-3,6-7,19H,1,4-5,8-13H2,(H,20,22). The van der Waals surface area contributed by atoms with E-state index >= 15 is 0 Å². The van der Waals surface area contributed by atoms with Crippen LogP contribution in [0.15, 0.2) is 28.7 Å². The lowest BCUT2D eigenvalue weighted by atomic mass is 9.79. The van der Waals surface area contributed by atoms with E-state index in [0.29, 0.717) is 6.54 Å². The smallest absolute Gasteiger partial charge is 0.238 e. The summed E-state index contributed by atoms with van der Waals surface area (Å²) in [6.07, 6.45) is 6.32. The number of para-hydroxylation sites is 1. The van der Waals surface area contributed by atoms with Crippen LogP contribution in [-0.2, 0) is 4.79 Å². The molecular weight excluding hydrogens is 342 g/mol. The highest BCUT2D eigenvalue weighted by molar-refractivity contribution is 9.10. The summed E-state index contributed by atoms with van der Waals surface area (Å²) in [5, 5.41) is 6.56. The molecule has 3 rings (SSSR count). The summed E-state index contributed by atoms with van der Waals surface area (Å²) in [7, 11) is 0. The van der Waals surface area contributed by atoms with Crippen LogP contribution in [0.3, 0.4) is 0 Å². The maximum Gasteiger partial charge on any atom is 0.238 e. The molecule has 0 atom stereocenters. The molecule has 2 aliphatic rings. The Bertz CT molecular complexity index is 520. The van der Waals surface area contributed by atoms with E-state index in [2.05, 4.69) is 31.5 Å². The number of nitrogens with one attached hydrogen (secondary N) is 2. The molecule has 1 amide bonds. The van der Waals surface area contributed by atoms with Gasteiger partial charge in [-0.15, -0.1) is 0 Å². The predicted molar refractivity (Wildman–Crippen MR) is 93.0 cm³/mol. The van der Waals surface area contributed by atoms with Gasteiger partial charge in [0.25, 0.3) is 0 Å². The van der Waals surface area contributed by atoms with Crippen molar-refractivity contribution in [3.63, 3.8) is 0 Å². The van der Waals surface area contributed by atoms with Gasteiger partial charge < -0.3 is 10.6 Å². The van der Waals surface area contributed by atoms with E-state index < -0.39 is 0 Å². The number of anilines is 1. The average Bonchev–Trinajstić information content (AvgIpc) is 2.53. The van der Waals surface area contributed by atoms with Crippen LogP contribution in [0.4, 0.5) is 5.69 Å². The van der Waals surface area contributed by atoms with Gasteiger partial charge in [-0.25, -0.2) is 0 Å². The zero-order valence-corrected chi connectivity index (χ0v) is 14.5. The summed E-state index contributed by atoms with van der Waals surface area (Å²) < 4.78 is 0.927. The summed E-state index contributed by atoms with van der Waals surface area (Å²) in [5.41, 5.74) is 1.04. The number of hydrogen-bond donors (Lipinski definition) is 2. The predicted octanol–water partition coefficient (Wildman–Crippen LogP) is 3.00. The number of carbonyl (C=O) groups excluding carboxylic acids is 1. The topological polar surface area (TPSA) is 44.4 Å². The Morgan fingerprint density at radius 3 is 2.82 bits per heavy atom. The lowest BCUT2D eigenvalue weighted by molar-refractivity contribution is -0.120. The van der Waals surface area contributed by atoms with Crippen molar-refractivity contribution in [3.05, 3.63) is 28.7 Å². The zero-order chi connectivity index (χ0) is 15.4. The van der Waals surface area contributed by atoms with E-state index in [9.17, 15) is 4.79 Å². The summed E-state index contributed by atoms with van der Waals surface area (Å²) in [6, 6.07) is 7.76. The minimum atomic E-state index is 0.0822. The molecule has 1 aromatic carbocycles. The van der Waals surface area contributed by atoms with Crippen LogP contribution in [0, 0.1) is 0 Å². The normalized spacial score (nSPS) is 21.7. The van der Waals surface area contributed by atoms with Crippen molar-refractivity contribution in [2.24, 2.45) is 0 Å². The molecule has 120 valence electrons. The lowest BCUT2D eigenvalue weighted by Gasteiger charge is -2.49. The molecule has 1 saturated carbocycles. The number of carbonyl (C=O) groups is 1. The number of amides is 1. The molecule has 1 saturated heterocycles. The molecule has 2 N–H and O–H groups in total. The highest BCUT2D eigenvalue weighted by Gasteiger charge is 2.40. The third-order valence-electron chi connectivity index (χ3n) is 4.95. The molecular formula is C17H24BrN3O. The number of halogens is 1. The number of hydrogen-bond acceptors (Lipinski definition) is 3. The van der Waals surface area contributed by atoms with Crippen molar-refractivity contribution >= 4 is 27.5 Å². The molecule has 1 spiro atoms. The highest BCUT2D eigenvalue weighted by atomic mass is 79.9. The second-order valence-electron chi connectivity index (χ2n) is 6.41. The van der Waals surface area contributed by atoms with Crippen LogP contribution in [0.1, 0.15) is 32.1 Å². The van der Waals surface area contributed by atoms with Crippen molar-refractivity contribution < 1.29 is 4.79 Å². The Morgan fingerprint density at radius 2 is 2.05 bits per heavy atom. The van der Waals surface area contributed by atoms with Gasteiger partial charge in [0.1, 0.15) is 0 Å². The minimum absolute atomic E-state index is 0.0822. The van der Waals surface area contributed by atoms with Crippen LogP contribution in [0.25, 0.3) is 0 Å². The Hall–Kier alpha value is -0.910. The maximum absolute atomic E-state index is 12.5. The molecule has 0 bridgehead atoms. The van der Waals surface area contributed by atoms with Gasteiger partial charge >= 0.3 is 0 Å². The first-order valence-electron chi connectivity index (χ1n) is 8.20.